The van der Waals surface area contributed by atoms with Crippen LogP contribution in [0.25, 0.3) is 11.0 Å². The number of benzene rings is 2. The molecule has 3 aromatic rings. The van der Waals surface area contributed by atoms with Crippen molar-refractivity contribution in [2.24, 2.45) is 0 Å². The van der Waals surface area contributed by atoms with Gasteiger partial charge in [-0.3, -0.25) is 9.69 Å². The van der Waals surface area contributed by atoms with Gasteiger partial charge in [-0.25, -0.2) is 0 Å². The van der Waals surface area contributed by atoms with E-state index in [1.54, 1.807) is 7.11 Å². The zero-order chi connectivity index (χ0) is 21.1. The lowest BCUT2D eigenvalue weighted by molar-refractivity contribution is 0.0161. The second-order valence-electron chi connectivity index (χ2n) is 7.34. The highest BCUT2D eigenvalue weighted by Crippen LogP contribution is 2.28. The first-order valence-electron chi connectivity index (χ1n) is 9.99. The van der Waals surface area contributed by atoms with Crippen molar-refractivity contribution < 1.29 is 18.7 Å². The van der Waals surface area contributed by atoms with Gasteiger partial charge in [0.25, 0.3) is 5.91 Å². The number of hydrogen-bond acceptors (Lipinski definition) is 5. The summed E-state index contributed by atoms with van der Waals surface area (Å²) in [7, 11) is 1.66. The molecule has 0 aliphatic carbocycles. The third kappa shape index (κ3) is 4.38. The molecule has 1 fully saturated rings. The third-order valence-corrected chi connectivity index (χ3v) is 6.04. The maximum atomic E-state index is 13.0. The van der Waals surface area contributed by atoms with Crippen LogP contribution in [0.15, 0.2) is 51.4 Å². The first-order chi connectivity index (χ1) is 14.6. The topological polar surface area (TPSA) is 63.9 Å². The monoisotopic (exact) mass is 472 g/mol. The number of methoxy groups -OCH3 is 1. The van der Waals surface area contributed by atoms with E-state index in [1.165, 1.54) is 0 Å². The standard InChI is InChI=1S/C23H25BrN2O4/c1-15-19-8-5-17(24)13-21(19)30-22(15)23(27)25-14-20(26-9-11-29-12-10-26)16-3-6-18(28-2)7-4-16/h3-8,13,20H,9-12,14H2,1-2H3,(H,25,27)/t20-/m1/s1. The SMILES string of the molecule is COc1ccc([C@@H](CNC(=O)c2oc3cc(Br)ccc3c2C)N2CCOCC2)cc1. The van der Waals surface area contributed by atoms with Crippen LogP contribution in [-0.4, -0.2) is 50.8 Å². The summed E-state index contributed by atoms with van der Waals surface area (Å²) in [5.41, 5.74) is 2.68. The minimum Gasteiger partial charge on any atom is -0.497 e. The molecular weight excluding hydrogens is 448 g/mol. The van der Waals surface area contributed by atoms with Crippen LogP contribution in [0, 0.1) is 6.92 Å². The quantitative estimate of drug-likeness (QED) is 0.578. The van der Waals surface area contributed by atoms with Gasteiger partial charge in [-0.15, -0.1) is 0 Å². The number of halogens is 1. The lowest BCUT2D eigenvalue weighted by Gasteiger charge is -2.35. The molecule has 1 aliphatic rings. The minimum atomic E-state index is -0.202. The van der Waals surface area contributed by atoms with Crippen molar-refractivity contribution in [2.45, 2.75) is 13.0 Å². The number of rotatable bonds is 6. The van der Waals surface area contributed by atoms with Gasteiger partial charge in [0.1, 0.15) is 11.3 Å². The molecule has 0 spiro atoms. The fraction of sp³-hybridized carbons (Fsp3) is 0.348. The molecule has 1 aromatic heterocycles. The molecule has 1 saturated heterocycles. The number of amides is 1. The molecular formula is C23H25BrN2O4. The summed E-state index contributed by atoms with van der Waals surface area (Å²) in [6, 6.07) is 13.8. The Morgan fingerprint density at radius 3 is 2.63 bits per heavy atom. The van der Waals surface area contributed by atoms with Gasteiger partial charge in [-0.1, -0.05) is 28.1 Å². The highest BCUT2D eigenvalue weighted by atomic mass is 79.9. The van der Waals surface area contributed by atoms with Crippen LogP contribution in [0.1, 0.15) is 27.7 Å². The van der Waals surface area contributed by atoms with Crippen molar-refractivity contribution in [1.82, 2.24) is 10.2 Å². The molecule has 2 heterocycles. The van der Waals surface area contributed by atoms with Crippen LogP contribution in [0.4, 0.5) is 0 Å². The zero-order valence-corrected chi connectivity index (χ0v) is 18.7. The molecule has 6 nitrogen and oxygen atoms in total. The molecule has 0 saturated carbocycles. The molecule has 1 atom stereocenters. The Morgan fingerprint density at radius 1 is 1.20 bits per heavy atom. The highest BCUT2D eigenvalue weighted by Gasteiger charge is 2.25. The lowest BCUT2D eigenvalue weighted by atomic mass is 10.0. The summed E-state index contributed by atoms with van der Waals surface area (Å²) < 4.78 is 17.6. The highest BCUT2D eigenvalue weighted by molar-refractivity contribution is 9.10. The molecule has 158 valence electrons. The van der Waals surface area contributed by atoms with Gasteiger partial charge in [-0.05, 0) is 42.8 Å². The van der Waals surface area contributed by atoms with E-state index < -0.39 is 0 Å². The number of ether oxygens (including phenoxy) is 2. The Morgan fingerprint density at radius 2 is 1.93 bits per heavy atom. The van der Waals surface area contributed by atoms with Crippen LogP contribution >= 0.6 is 15.9 Å². The normalized spacial score (nSPS) is 15.8. The Balaban J connectivity index is 1.54. The smallest absolute Gasteiger partial charge is 0.287 e. The van der Waals surface area contributed by atoms with E-state index in [-0.39, 0.29) is 11.9 Å². The number of furan rings is 1. The van der Waals surface area contributed by atoms with Gasteiger partial charge in [0.05, 0.1) is 26.4 Å². The molecule has 1 aliphatic heterocycles. The maximum absolute atomic E-state index is 13.0. The van der Waals surface area contributed by atoms with Crippen LogP contribution in [0.5, 0.6) is 5.75 Å². The van der Waals surface area contributed by atoms with Crippen molar-refractivity contribution in [3.63, 3.8) is 0 Å². The predicted molar refractivity (Wildman–Crippen MR) is 119 cm³/mol. The van der Waals surface area contributed by atoms with Gasteiger partial charge in [-0.2, -0.15) is 0 Å². The summed E-state index contributed by atoms with van der Waals surface area (Å²) >= 11 is 3.45. The van der Waals surface area contributed by atoms with Crippen molar-refractivity contribution >= 4 is 32.8 Å². The summed E-state index contributed by atoms with van der Waals surface area (Å²) in [6.45, 7) is 5.42. The van der Waals surface area contributed by atoms with Crippen LogP contribution in [0.3, 0.4) is 0 Å². The molecule has 4 rings (SSSR count). The number of fused-ring (bicyclic) bond motifs is 1. The summed E-state index contributed by atoms with van der Waals surface area (Å²) in [5.74, 6) is 0.970. The molecule has 30 heavy (non-hydrogen) atoms. The Labute approximate surface area is 184 Å². The second kappa shape index (κ2) is 9.20. The Hall–Kier alpha value is -2.35. The molecule has 7 heteroatoms. The van der Waals surface area contributed by atoms with E-state index in [9.17, 15) is 4.79 Å². The van der Waals surface area contributed by atoms with Crippen LogP contribution in [0.2, 0.25) is 0 Å². The van der Waals surface area contributed by atoms with E-state index in [0.29, 0.717) is 31.1 Å². The van der Waals surface area contributed by atoms with Gasteiger partial charge in [0.2, 0.25) is 0 Å². The van der Waals surface area contributed by atoms with Gasteiger partial charge >= 0.3 is 0 Å². The first-order valence-corrected chi connectivity index (χ1v) is 10.8. The zero-order valence-electron chi connectivity index (χ0n) is 17.1. The van der Waals surface area contributed by atoms with Crippen molar-refractivity contribution in [2.75, 3.05) is 40.0 Å². The molecule has 1 amide bonds. The lowest BCUT2D eigenvalue weighted by Crippen LogP contribution is -2.43. The largest absolute Gasteiger partial charge is 0.497 e. The molecule has 1 N–H and O–H groups in total. The molecule has 0 bridgehead atoms. The molecule has 0 unspecified atom stereocenters. The Kier molecular flexibility index (Phi) is 6.41. The van der Waals surface area contributed by atoms with Gasteiger partial charge in [0.15, 0.2) is 5.76 Å². The third-order valence-electron chi connectivity index (χ3n) is 5.55. The molecule has 0 radical (unpaired) electrons. The van der Waals surface area contributed by atoms with Gasteiger partial charge in [0, 0.05) is 35.1 Å². The average Bonchev–Trinajstić information content (AvgIpc) is 3.10. The van der Waals surface area contributed by atoms with Gasteiger partial charge < -0.3 is 19.2 Å². The van der Waals surface area contributed by atoms with E-state index in [2.05, 4.69) is 38.3 Å². The number of carbonyl (C=O) groups excluding carboxylic acids is 1. The number of morpholine rings is 1. The fourth-order valence-electron chi connectivity index (χ4n) is 3.86. The van der Waals surface area contributed by atoms with Crippen molar-refractivity contribution in [1.29, 1.82) is 0 Å². The number of nitrogens with one attached hydrogen (secondary N) is 1. The fourth-order valence-corrected chi connectivity index (χ4v) is 4.20. The summed E-state index contributed by atoms with van der Waals surface area (Å²) in [5, 5.41) is 4.03. The van der Waals surface area contributed by atoms with E-state index >= 15 is 0 Å². The Bertz CT molecular complexity index is 1030. The number of nitrogens with zero attached hydrogens (tertiary/aromatic N) is 1. The summed E-state index contributed by atoms with van der Waals surface area (Å²) in [4.78, 5) is 15.3. The minimum absolute atomic E-state index is 0.0441. The van der Waals surface area contributed by atoms with E-state index in [4.69, 9.17) is 13.9 Å². The first kappa shape index (κ1) is 20.9. The molecule has 2 aromatic carbocycles. The maximum Gasteiger partial charge on any atom is 0.287 e. The van der Waals surface area contributed by atoms with Crippen LogP contribution in [-0.2, 0) is 4.74 Å². The number of aryl methyl sites for hydroxylation is 1. The second-order valence-corrected chi connectivity index (χ2v) is 8.26. The predicted octanol–water partition coefficient (Wildman–Crippen LogP) is 4.32. The van der Waals surface area contributed by atoms with Crippen molar-refractivity contribution in [3.05, 3.63) is 63.8 Å². The van der Waals surface area contributed by atoms with E-state index in [0.717, 1.165) is 39.8 Å². The van der Waals surface area contributed by atoms with Crippen LogP contribution < -0.4 is 10.1 Å². The van der Waals surface area contributed by atoms with E-state index in [1.807, 2.05) is 37.3 Å². The number of hydrogen-bond donors (Lipinski definition) is 1. The average molecular weight is 473 g/mol. The summed E-state index contributed by atoms with van der Waals surface area (Å²) in [6.07, 6.45) is 0. The number of carbonyl (C=O) groups is 1. The van der Waals surface area contributed by atoms with Crippen molar-refractivity contribution in [3.8, 4) is 5.75 Å².